The highest BCUT2D eigenvalue weighted by molar-refractivity contribution is 5.65. The second-order valence-corrected chi connectivity index (χ2v) is 5.28. The van der Waals surface area contributed by atoms with Crippen LogP contribution in [0, 0.1) is 5.41 Å². The topological polar surface area (TPSA) is 65.1 Å². The van der Waals surface area contributed by atoms with Crippen molar-refractivity contribution in [1.82, 2.24) is 9.78 Å². The lowest BCUT2D eigenvalue weighted by Crippen LogP contribution is -2.19. The second-order valence-electron chi connectivity index (χ2n) is 5.28. The van der Waals surface area contributed by atoms with E-state index >= 15 is 0 Å². The molecule has 0 spiro atoms. The normalized spacial score (nSPS) is 16.8. The Morgan fingerprint density at radius 1 is 1.50 bits per heavy atom. The lowest BCUT2D eigenvalue weighted by molar-refractivity contribution is 0.175. The number of nitrogens with zero attached hydrogens (tertiary/aromatic N) is 2. The van der Waals surface area contributed by atoms with Crippen molar-refractivity contribution >= 4 is 11.5 Å². The van der Waals surface area contributed by atoms with Gasteiger partial charge in [0.2, 0.25) is 0 Å². The molecular formula is C13H24N4O. The zero-order valence-electron chi connectivity index (χ0n) is 11.6. The van der Waals surface area contributed by atoms with E-state index < -0.39 is 0 Å². The van der Waals surface area contributed by atoms with Gasteiger partial charge in [-0.05, 0) is 31.1 Å². The third-order valence-electron chi connectivity index (χ3n) is 3.92. The first-order valence-corrected chi connectivity index (χ1v) is 6.66. The van der Waals surface area contributed by atoms with Gasteiger partial charge in [-0.15, -0.1) is 0 Å². The van der Waals surface area contributed by atoms with Gasteiger partial charge in [-0.25, -0.2) is 0 Å². The molecule has 0 radical (unpaired) electrons. The summed E-state index contributed by atoms with van der Waals surface area (Å²) in [7, 11) is 3.70. The van der Waals surface area contributed by atoms with Crippen LogP contribution in [0.5, 0.6) is 0 Å². The van der Waals surface area contributed by atoms with Crippen molar-refractivity contribution in [3.8, 4) is 0 Å². The van der Waals surface area contributed by atoms with Crippen molar-refractivity contribution in [3.05, 3.63) is 5.69 Å². The summed E-state index contributed by atoms with van der Waals surface area (Å²) in [6.07, 6.45) is 4.55. The first kappa shape index (κ1) is 13.2. The van der Waals surface area contributed by atoms with Crippen LogP contribution in [0.15, 0.2) is 0 Å². The van der Waals surface area contributed by atoms with Gasteiger partial charge in [0, 0.05) is 27.3 Å². The summed E-state index contributed by atoms with van der Waals surface area (Å²) in [6.45, 7) is 3.87. The van der Waals surface area contributed by atoms with Gasteiger partial charge in [-0.3, -0.25) is 4.68 Å². The predicted octanol–water partition coefficient (Wildman–Crippen LogP) is 1.79. The summed E-state index contributed by atoms with van der Waals surface area (Å²) < 4.78 is 7.02. The molecule has 0 aliphatic heterocycles. The molecule has 18 heavy (non-hydrogen) atoms. The minimum absolute atomic E-state index is 0.416. The highest BCUT2D eigenvalue weighted by atomic mass is 16.5. The van der Waals surface area contributed by atoms with Gasteiger partial charge >= 0.3 is 0 Å². The third-order valence-corrected chi connectivity index (χ3v) is 3.92. The Balaban J connectivity index is 1.96. The van der Waals surface area contributed by atoms with E-state index in [0.29, 0.717) is 5.41 Å². The fourth-order valence-electron chi connectivity index (χ4n) is 2.35. The van der Waals surface area contributed by atoms with Gasteiger partial charge in [-0.2, -0.15) is 5.10 Å². The SMILES string of the molecule is CCc1nn(C)c(NCC2(CCOC)CC2)c1N. The molecule has 5 nitrogen and oxygen atoms in total. The maximum atomic E-state index is 6.09. The number of methoxy groups -OCH3 is 1. The molecule has 1 aromatic heterocycles. The van der Waals surface area contributed by atoms with Crippen LogP contribution < -0.4 is 11.1 Å². The molecule has 0 aromatic carbocycles. The Morgan fingerprint density at radius 2 is 2.22 bits per heavy atom. The smallest absolute Gasteiger partial charge is 0.147 e. The summed E-state index contributed by atoms with van der Waals surface area (Å²) in [4.78, 5) is 0. The first-order valence-electron chi connectivity index (χ1n) is 6.66. The molecule has 5 heteroatoms. The number of nitrogen functional groups attached to an aromatic ring is 1. The summed E-state index contributed by atoms with van der Waals surface area (Å²) in [6, 6.07) is 0. The van der Waals surface area contributed by atoms with E-state index in [1.807, 2.05) is 11.7 Å². The summed E-state index contributed by atoms with van der Waals surface area (Å²) in [5, 5.41) is 7.88. The van der Waals surface area contributed by atoms with Crippen molar-refractivity contribution in [3.63, 3.8) is 0 Å². The van der Waals surface area contributed by atoms with Crippen molar-refractivity contribution in [2.24, 2.45) is 12.5 Å². The molecule has 0 unspecified atom stereocenters. The highest BCUT2D eigenvalue weighted by Crippen LogP contribution is 2.48. The molecule has 3 N–H and O–H groups in total. The van der Waals surface area contributed by atoms with Crippen LogP contribution in [0.3, 0.4) is 0 Å². The lowest BCUT2D eigenvalue weighted by atomic mass is 10.0. The van der Waals surface area contributed by atoms with E-state index in [1.165, 1.54) is 12.8 Å². The van der Waals surface area contributed by atoms with E-state index in [2.05, 4.69) is 17.3 Å². The van der Waals surface area contributed by atoms with E-state index in [1.54, 1.807) is 7.11 Å². The molecule has 0 saturated heterocycles. The molecule has 102 valence electrons. The van der Waals surface area contributed by atoms with Gasteiger partial charge in [0.1, 0.15) is 5.82 Å². The molecule has 0 amide bonds. The van der Waals surface area contributed by atoms with Gasteiger partial charge in [0.25, 0.3) is 0 Å². The zero-order valence-corrected chi connectivity index (χ0v) is 11.6. The molecule has 0 bridgehead atoms. The summed E-state index contributed by atoms with van der Waals surface area (Å²) >= 11 is 0. The Labute approximate surface area is 109 Å². The maximum absolute atomic E-state index is 6.09. The van der Waals surface area contributed by atoms with Crippen LogP contribution in [-0.2, 0) is 18.2 Å². The summed E-state index contributed by atoms with van der Waals surface area (Å²) in [5.74, 6) is 0.954. The van der Waals surface area contributed by atoms with E-state index in [0.717, 1.165) is 43.2 Å². The average molecular weight is 252 g/mol. The van der Waals surface area contributed by atoms with Crippen LogP contribution in [0.1, 0.15) is 31.9 Å². The number of ether oxygens (including phenoxy) is 1. The number of hydrogen-bond acceptors (Lipinski definition) is 4. The zero-order chi connectivity index (χ0) is 13.2. The van der Waals surface area contributed by atoms with Crippen LogP contribution >= 0.6 is 0 Å². The number of rotatable bonds is 7. The number of aryl methyl sites for hydroxylation is 2. The molecule has 1 saturated carbocycles. The van der Waals surface area contributed by atoms with Gasteiger partial charge in [-0.1, -0.05) is 6.92 Å². The quantitative estimate of drug-likeness (QED) is 0.776. The van der Waals surface area contributed by atoms with Crippen molar-refractivity contribution in [1.29, 1.82) is 0 Å². The molecule has 1 heterocycles. The largest absolute Gasteiger partial charge is 0.394 e. The lowest BCUT2D eigenvalue weighted by Gasteiger charge is -2.16. The number of aromatic nitrogens is 2. The van der Waals surface area contributed by atoms with Crippen LogP contribution in [0.25, 0.3) is 0 Å². The minimum atomic E-state index is 0.416. The van der Waals surface area contributed by atoms with Crippen molar-refractivity contribution in [2.45, 2.75) is 32.6 Å². The fourth-order valence-corrected chi connectivity index (χ4v) is 2.35. The molecule has 1 aromatic rings. The van der Waals surface area contributed by atoms with E-state index in [-0.39, 0.29) is 0 Å². The molecule has 1 aliphatic carbocycles. The van der Waals surface area contributed by atoms with E-state index in [9.17, 15) is 0 Å². The minimum Gasteiger partial charge on any atom is -0.394 e. The highest BCUT2D eigenvalue weighted by Gasteiger charge is 2.42. The van der Waals surface area contributed by atoms with Gasteiger partial charge in [0.15, 0.2) is 0 Å². The van der Waals surface area contributed by atoms with Gasteiger partial charge in [0.05, 0.1) is 11.4 Å². The monoisotopic (exact) mass is 252 g/mol. The van der Waals surface area contributed by atoms with Crippen LogP contribution in [0.4, 0.5) is 11.5 Å². The Kier molecular flexibility index (Phi) is 3.80. The van der Waals surface area contributed by atoms with Crippen molar-refractivity contribution < 1.29 is 4.74 Å². The predicted molar refractivity (Wildman–Crippen MR) is 73.6 cm³/mol. The Hall–Kier alpha value is -1.23. The Morgan fingerprint density at radius 3 is 2.72 bits per heavy atom. The average Bonchev–Trinajstić information content (AvgIpc) is 3.08. The second kappa shape index (κ2) is 5.18. The number of nitrogens with two attached hydrogens (primary N) is 1. The Bertz CT molecular complexity index is 409. The van der Waals surface area contributed by atoms with Gasteiger partial charge < -0.3 is 15.8 Å². The third kappa shape index (κ3) is 2.61. The molecule has 1 aliphatic rings. The molecular weight excluding hydrogens is 228 g/mol. The van der Waals surface area contributed by atoms with E-state index in [4.69, 9.17) is 10.5 Å². The standard InChI is InChI=1S/C13H24N4O/c1-4-10-11(14)12(17(2)16-10)15-9-13(5-6-13)7-8-18-3/h15H,4-9,14H2,1-3H3. The fraction of sp³-hybridized carbons (Fsp3) is 0.769. The van der Waals surface area contributed by atoms with Crippen LogP contribution in [0.2, 0.25) is 0 Å². The number of hydrogen-bond donors (Lipinski definition) is 2. The summed E-state index contributed by atoms with van der Waals surface area (Å²) in [5.41, 5.74) is 8.28. The number of nitrogens with one attached hydrogen (secondary N) is 1. The van der Waals surface area contributed by atoms with Crippen molar-refractivity contribution in [2.75, 3.05) is 31.3 Å². The van der Waals surface area contributed by atoms with Crippen LogP contribution in [-0.4, -0.2) is 30.0 Å². The molecule has 0 atom stereocenters. The molecule has 1 fully saturated rings. The maximum Gasteiger partial charge on any atom is 0.147 e. The molecule has 2 rings (SSSR count). The first-order chi connectivity index (χ1) is 8.62. The number of anilines is 2.